The molecule has 3 aromatic rings. The molecule has 0 spiro atoms. The highest BCUT2D eigenvalue weighted by Gasteiger charge is 2.26. The Bertz CT molecular complexity index is 947. The number of aromatic nitrogens is 5. The van der Waals surface area contributed by atoms with Crippen molar-refractivity contribution in [1.29, 1.82) is 0 Å². The summed E-state index contributed by atoms with van der Waals surface area (Å²) in [6, 6.07) is 0.0983. The van der Waals surface area contributed by atoms with Crippen LogP contribution >= 0.6 is 11.3 Å². The molecule has 1 aliphatic heterocycles. The summed E-state index contributed by atoms with van der Waals surface area (Å²) in [7, 11) is 1.67. The molecule has 0 saturated heterocycles. The Morgan fingerprint density at radius 1 is 1.33 bits per heavy atom. The van der Waals surface area contributed by atoms with Crippen molar-refractivity contribution in [2.75, 3.05) is 12.4 Å². The lowest BCUT2D eigenvalue weighted by Crippen LogP contribution is -2.23. The van der Waals surface area contributed by atoms with Crippen molar-refractivity contribution < 1.29 is 4.74 Å². The minimum atomic E-state index is 0.0983. The zero-order chi connectivity index (χ0) is 19.0. The lowest BCUT2D eigenvalue weighted by Gasteiger charge is -2.24. The maximum atomic E-state index is 5.20. The van der Waals surface area contributed by atoms with Gasteiger partial charge in [-0.2, -0.15) is 5.10 Å². The van der Waals surface area contributed by atoms with E-state index in [0.717, 1.165) is 59.3 Å². The first-order chi connectivity index (χ1) is 13.0. The molecule has 0 radical (unpaired) electrons. The minimum Gasteiger partial charge on any atom is -0.377 e. The zero-order valence-corrected chi connectivity index (χ0v) is 17.1. The summed E-state index contributed by atoms with van der Waals surface area (Å²) < 4.78 is 7.20. The van der Waals surface area contributed by atoms with Crippen molar-refractivity contribution in [3.05, 3.63) is 28.4 Å². The van der Waals surface area contributed by atoms with E-state index in [0.29, 0.717) is 12.5 Å². The number of anilines is 1. The third kappa shape index (κ3) is 3.68. The third-order valence-corrected chi connectivity index (χ3v) is 5.67. The molecule has 0 bridgehead atoms. The molecule has 1 N–H and O–H groups in total. The van der Waals surface area contributed by atoms with Crippen molar-refractivity contribution in [3.8, 4) is 0 Å². The predicted molar refractivity (Wildman–Crippen MR) is 107 cm³/mol. The number of nitrogens with one attached hydrogen (secondary N) is 1. The van der Waals surface area contributed by atoms with E-state index >= 15 is 0 Å². The maximum absolute atomic E-state index is 5.20. The Morgan fingerprint density at radius 3 is 2.96 bits per heavy atom. The van der Waals surface area contributed by atoms with Crippen LogP contribution in [0.1, 0.15) is 55.8 Å². The summed E-state index contributed by atoms with van der Waals surface area (Å²) in [5, 5.41) is 11.6. The fraction of sp³-hybridized carbons (Fsp3) is 0.579. The molecule has 0 fully saturated rings. The number of hydrogen-bond donors (Lipinski definition) is 1. The molecular weight excluding hydrogens is 360 g/mol. The molecular formula is C19H26N6OS. The Labute approximate surface area is 163 Å². The zero-order valence-electron chi connectivity index (χ0n) is 16.3. The summed E-state index contributed by atoms with van der Waals surface area (Å²) in [4.78, 5) is 15.2. The molecule has 0 aromatic carbocycles. The van der Waals surface area contributed by atoms with Gasteiger partial charge in [0, 0.05) is 13.7 Å². The second-order valence-electron chi connectivity index (χ2n) is 7.54. The van der Waals surface area contributed by atoms with Crippen LogP contribution in [0.2, 0.25) is 0 Å². The highest BCUT2D eigenvalue weighted by atomic mass is 32.1. The van der Waals surface area contributed by atoms with Crippen LogP contribution in [0.5, 0.6) is 0 Å². The quantitative estimate of drug-likeness (QED) is 0.693. The van der Waals surface area contributed by atoms with Gasteiger partial charge in [0.25, 0.3) is 0 Å². The number of nitrogens with zero attached hydrogens (tertiary/aromatic N) is 5. The molecule has 4 heterocycles. The normalized spacial score (nSPS) is 16.9. The number of fused-ring (bicyclic) bond motifs is 2. The number of thiophene rings is 1. The average molecular weight is 387 g/mol. The van der Waals surface area contributed by atoms with Crippen molar-refractivity contribution >= 4 is 27.4 Å². The van der Waals surface area contributed by atoms with Crippen LogP contribution in [0.15, 0.2) is 5.38 Å². The largest absolute Gasteiger partial charge is 0.377 e. The SMILES string of the molecule is COCc1nc2n(n1)CCCC2Nc1nc(C)nc2scc(CC(C)C)c12. The molecule has 0 aliphatic carbocycles. The fourth-order valence-corrected chi connectivity index (χ4v) is 4.69. The fourth-order valence-electron chi connectivity index (χ4n) is 3.69. The van der Waals surface area contributed by atoms with E-state index in [4.69, 9.17) is 14.7 Å². The Kier molecular flexibility index (Phi) is 5.10. The van der Waals surface area contributed by atoms with Gasteiger partial charge in [0.2, 0.25) is 0 Å². The Morgan fingerprint density at radius 2 is 2.19 bits per heavy atom. The topological polar surface area (TPSA) is 77.8 Å². The van der Waals surface area contributed by atoms with Crippen molar-refractivity contribution in [1.82, 2.24) is 24.7 Å². The first-order valence-corrected chi connectivity index (χ1v) is 10.4. The molecule has 0 saturated carbocycles. The van der Waals surface area contributed by atoms with Crippen LogP contribution in [0.25, 0.3) is 10.2 Å². The van der Waals surface area contributed by atoms with Gasteiger partial charge >= 0.3 is 0 Å². The maximum Gasteiger partial charge on any atom is 0.176 e. The molecule has 8 heteroatoms. The summed E-state index contributed by atoms with van der Waals surface area (Å²) in [5.74, 6) is 4.01. The van der Waals surface area contributed by atoms with Gasteiger partial charge in [-0.3, -0.25) is 0 Å². The van der Waals surface area contributed by atoms with Crippen LogP contribution in [-0.2, 0) is 24.3 Å². The summed E-state index contributed by atoms with van der Waals surface area (Å²) in [6.07, 6.45) is 3.11. The van der Waals surface area contributed by atoms with Gasteiger partial charge in [-0.05, 0) is 43.0 Å². The van der Waals surface area contributed by atoms with E-state index in [1.54, 1.807) is 18.4 Å². The van der Waals surface area contributed by atoms with Crippen LogP contribution in [0.4, 0.5) is 5.82 Å². The van der Waals surface area contributed by atoms with Crippen LogP contribution in [0.3, 0.4) is 0 Å². The predicted octanol–water partition coefficient (Wildman–Crippen LogP) is 3.88. The second kappa shape index (κ2) is 7.52. The highest BCUT2D eigenvalue weighted by Crippen LogP contribution is 2.35. The van der Waals surface area contributed by atoms with Gasteiger partial charge in [-0.15, -0.1) is 11.3 Å². The molecule has 1 atom stereocenters. The second-order valence-corrected chi connectivity index (χ2v) is 8.40. The van der Waals surface area contributed by atoms with Gasteiger partial charge in [-0.25, -0.2) is 19.6 Å². The number of rotatable bonds is 6. The van der Waals surface area contributed by atoms with Crippen molar-refractivity contribution in [3.63, 3.8) is 0 Å². The lowest BCUT2D eigenvalue weighted by atomic mass is 10.0. The molecule has 1 aliphatic rings. The Balaban J connectivity index is 1.71. The van der Waals surface area contributed by atoms with Crippen molar-refractivity contribution in [2.45, 2.75) is 59.2 Å². The summed E-state index contributed by atoms with van der Waals surface area (Å²) in [5.41, 5.74) is 1.32. The van der Waals surface area contributed by atoms with Crippen LogP contribution < -0.4 is 5.32 Å². The van der Waals surface area contributed by atoms with Gasteiger partial charge in [-0.1, -0.05) is 13.8 Å². The van der Waals surface area contributed by atoms with Gasteiger partial charge in [0.05, 0.1) is 11.4 Å². The van der Waals surface area contributed by atoms with Gasteiger partial charge in [0.1, 0.15) is 28.9 Å². The van der Waals surface area contributed by atoms with E-state index in [-0.39, 0.29) is 6.04 Å². The molecule has 144 valence electrons. The number of ether oxygens (including phenoxy) is 1. The highest BCUT2D eigenvalue weighted by molar-refractivity contribution is 7.17. The first kappa shape index (κ1) is 18.3. The van der Waals surface area contributed by atoms with E-state index in [1.165, 1.54) is 5.56 Å². The van der Waals surface area contributed by atoms with Crippen LogP contribution in [-0.4, -0.2) is 31.8 Å². The number of hydrogen-bond acceptors (Lipinski definition) is 7. The van der Waals surface area contributed by atoms with E-state index < -0.39 is 0 Å². The van der Waals surface area contributed by atoms with Crippen LogP contribution in [0, 0.1) is 12.8 Å². The Hall–Kier alpha value is -2.06. The molecule has 7 nitrogen and oxygen atoms in total. The molecule has 27 heavy (non-hydrogen) atoms. The number of methoxy groups -OCH3 is 1. The van der Waals surface area contributed by atoms with E-state index in [1.807, 2.05) is 11.6 Å². The monoisotopic (exact) mass is 386 g/mol. The van der Waals surface area contributed by atoms with Crippen molar-refractivity contribution in [2.24, 2.45) is 5.92 Å². The van der Waals surface area contributed by atoms with Gasteiger partial charge in [0.15, 0.2) is 5.82 Å². The van der Waals surface area contributed by atoms with E-state index in [9.17, 15) is 0 Å². The lowest BCUT2D eigenvalue weighted by molar-refractivity contribution is 0.177. The van der Waals surface area contributed by atoms with Gasteiger partial charge < -0.3 is 10.1 Å². The molecule has 4 rings (SSSR count). The summed E-state index contributed by atoms with van der Waals surface area (Å²) in [6.45, 7) is 7.78. The third-order valence-electron chi connectivity index (χ3n) is 4.75. The number of aryl methyl sites for hydroxylation is 2. The van der Waals surface area contributed by atoms with E-state index in [2.05, 4.69) is 34.6 Å². The molecule has 0 amide bonds. The average Bonchev–Trinajstić information content (AvgIpc) is 3.19. The first-order valence-electron chi connectivity index (χ1n) is 9.49. The summed E-state index contributed by atoms with van der Waals surface area (Å²) >= 11 is 1.70. The smallest absolute Gasteiger partial charge is 0.176 e. The molecule has 1 unspecified atom stereocenters. The minimum absolute atomic E-state index is 0.0983. The molecule has 3 aromatic heterocycles. The standard InChI is InChI=1S/C19H26N6OS/c1-11(2)8-13-10-27-19-16(13)17(20-12(3)21-19)22-14-6-5-7-25-18(14)23-15(24-25)9-26-4/h10-11,14H,5-9H2,1-4H3,(H,20,21,22).